The highest BCUT2D eigenvalue weighted by Crippen LogP contribution is 2.24. The van der Waals surface area contributed by atoms with Crippen LogP contribution in [0.15, 0.2) is 58.0 Å². The average Bonchev–Trinajstić information content (AvgIpc) is 2.48. The fourth-order valence-corrected chi connectivity index (χ4v) is 2.31. The number of rotatable bonds is 5. The van der Waals surface area contributed by atoms with E-state index in [4.69, 9.17) is 10.5 Å². The molecular weight excluding hydrogens is 342 g/mol. The molecule has 0 bridgehead atoms. The van der Waals surface area contributed by atoms with Crippen molar-refractivity contribution in [2.45, 2.75) is 20.0 Å². The molecule has 2 aromatic rings. The fourth-order valence-electron chi connectivity index (χ4n) is 1.93. The maximum atomic E-state index is 5.90. The number of nitrogens with zero attached hydrogens (tertiary/aromatic N) is 1. The summed E-state index contributed by atoms with van der Waals surface area (Å²) >= 11 is 3.46. The van der Waals surface area contributed by atoms with Gasteiger partial charge in [-0.3, -0.25) is 0 Å². The zero-order valence-electron chi connectivity index (χ0n) is 12.7. The van der Waals surface area contributed by atoms with Crippen LogP contribution in [0.2, 0.25) is 0 Å². The summed E-state index contributed by atoms with van der Waals surface area (Å²) in [4.78, 5) is 4.32. The summed E-state index contributed by atoms with van der Waals surface area (Å²) in [5.41, 5.74) is 8.00. The lowest BCUT2D eigenvalue weighted by Gasteiger charge is -2.14. The van der Waals surface area contributed by atoms with Crippen LogP contribution in [0.3, 0.4) is 0 Å². The Hall–Kier alpha value is -2.01. The topological polar surface area (TPSA) is 59.6 Å². The molecular formula is C17H20BrN3O. The van der Waals surface area contributed by atoms with E-state index < -0.39 is 0 Å². The number of hydrogen-bond acceptors (Lipinski definition) is 2. The van der Waals surface area contributed by atoms with Gasteiger partial charge in [0.25, 0.3) is 0 Å². The van der Waals surface area contributed by atoms with E-state index in [0.29, 0.717) is 12.5 Å². The van der Waals surface area contributed by atoms with E-state index in [0.717, 1.165) is 15.9 Å². The van der Waals surface area contributed by atoms with E-state index in [9.17, 15) is 0 Å². The second kappa shape index (κ2) is 7.84. The minimum atomic E-state index is -0.0726. The molecule has 0 fully saturated rings. The number of para-hydroxylation sites is 1. The minimum Gasteiger partial charge on any atom is -0.488 e. The smallest absolute Gasteiger partial charge is 0.193 e. The van der Waals surface area contributed by atoms with Crippen molar-refractivity contribution in [3.05, 3.63) is 58.6 Å². The summed E-state index contributed by atoms with van der Waals surface area (Å²) in [6.07, 6.45) is -0.0726. The summed E-state index contributed by atoms with van der Waals surface area (Å²) in [6, 6.07) is 15.7. The first kappa shape index (κ1) is 16.4. The Morgan fingerprint density at radius 3 is 2.77 bits per heavy atom. The zero-order chi connectivity index (χ0) is 15.9. The van der Waals surface area contributed by atoms with Crippen LogP contribution in [-0.4, -0.2) is 18.6 Å². The lowest BCUT2D eigenvalue weighted by molar-refractivity contribution is 0.229. The first-order valence-electron chi connectivity index (χ1n) is 7.09. The lowest BCUT2D eigenvalue weighted by Crippen LogP contribution is -2.25. The molecule has 3 N–H and O–H groups in total. The highest BCUT2D eigenvalue weighted by atomic mass is 79.9. The maximum Gasteiger partial charge on any atom is 0.193 e. The molecule has 5 heteroatoms. The van der Waals surface area contributed by atoms with Gasteiger partial charge < -0.3 is 15.8 Å². The molecule has 0 radical (unpaired) electrons. The van der Waals surface area contributed by atoms with E-state index in [1.54, 1.807) is 0 Å². The van der Waals surface area contributed by atoms with Crippen LogP contribution in [0, 0.1) is 6.92 Å². The maximum absolute atomic E-state index is 5.90. The van der Waals surface area contributed by atoms with Crippen molar-refractivity contribution >= 4 is 27.6 Å². The molecule has 2 aromatic carbocycles. The molecule has 0 saturated carbocycles. The van der Waals surface area contributed by atoms with Gasteiger partial charge in [-0.05, 0) is 59.6 Å². The third-order valence-electron chi connectivity index (χ3n) is 2.97. The fraction of sp³-hybridized carbons (Fsp3) is 0.235. The van der Waals surface area contributed by atoms with Crippen molar-refractivity contribution in [1.29, 1.82) is 0 Å². The molecule has 0 amide bonds. The number of hydrogen-bond donors (Lipinski definition) is 2. The molecule has 0 aliphatic heterocycles. The SMILES string of the molecule is Cc1cccc(NC(N)=NCC(C)Oc2ccccc2Br)c1. The van der Waals surface area contributed by atoms with E-state index in [-0.39, 0.29) is 6.10 Å². The van der Waals surface area contributed by atoms with Gasteiger partial charge in [-0.1, -0.05) is 24.3 Å². The predicted octanol–water partition coefficient (Wildman–Crippen LogP) is 3.95. The Kier molecular flexibility index (Phi) is 5.83. The van der Waals surface area contributed by atoms with Gasteiger partial charge in [-0.2, -0.15) is 0 Å². The summed E-state index contributed by atoms with van der Waals surface area (Å²) < 4.78 is 6.76. The Morgan fingerprint density at radius 1 is 1.27 bits per heavy atom. The van der Waals surface area contributed by atoms with E-state index in [1.807, 2.05) is 62.4 Å². The van der Waals surface area contributed by atoms with Crippen molar-refractivity contribution in [2.75, 3.05) is 11.9 Å². The summed E-state index contributed by atoms with van der Waals surface area (Å²) in [7, 11) is 0. The zero-order valence-corrected chi connectivity index (χ0v) is 14.3. The van der Waals surface area contributed by atoms with Gasteiger partial charge in [0.2, 0.25) is 0 Å². The first-order valence-corrected chi connectivity index (χ1v) is 7.88. The number of benzene rings is 2. The highest BCUT2D eigenvalue weighted by Gasteiger charge is 2.06. The van der Waals surface area contributed by atoms with Crippen LogP contribution >= 0.6 is 15.9 Å². The van der Waals surface area contributed by atoms with E-state index >= 15 is 0 Å². The second-order valence-electron chi connectivity index (χ2n) is 5.08. The number of guanidine groups is 1. The monoisotopic (exact) mass is 361 g/mol. The van der Waals surface area contributed by atoms with Gasteiger partial charge >= 0.3 is 0 Å². The highest BCUT2D eigenvalue weighted by molar-refractivity contribution is 9.10. The normalized spacial score (nSPS) is 12.8. The van der Waals surface area contributed by atoms with E-state index in [2.05, 4.69) is 26.2 Å². The Morgan fingerprint density at radius 2 is 2.05 bits per heavy atom. The van der Waals surface area contributed by atoms with Crippen LogP contribution in [0.4, 0.5) is 5.69 Å². The van der Waals surface area contributed by atoms with Crippen molar-refractivity contribution in [2.24, 2.45) is 10.7 Å². The second-order valence-corrected chi connectivity index (χ2v) is 5.93. The Labute approximate surface area is 139 Å². The van der Waals surface area contributed by atoms with Crippen LogP contribution in [0.5, 0.6) is 5.75 Å². The molecule has 22 heavy (non-hydrogen) atoms. The van der Waals surface area contributed by atoms with Crippen LogP contribution in [0.25, 0.3) is 0 Å². The third-order valence-corrected chi connectivity index (χ3v) is 3.63. The minimum absolute atomic E-state index is 0.0726. The molecule has 1 unspecified atom stereocenters. The molecule has 2 rings (SSSR count). The van der Waals surface area contributed by atoms with Crippen molar-refractivity contribution in [1.82, 2.24) is 0 Å². The number of ether oxygens (including phenoxy) is 1. The lowest BCUT2D eigenvalue weighted by atomic mass is 10.2. The number of halogens is 1. The van der Waals surface area contributed by atoms with Gasteiger partial charge in [0.15, 0.2) is 5.96 Å². The quantitative estimate of drug-likeness (QED) is 0.625. The standard InChI is InChI=1S/C17H20BrN3O/c1-12-6-5-7-14(10-12)21-17(19)20-11-13(2)22-16-9-4-3-8-15(16)18/h3-10,13H,11H2,1-2H3,(H3,19,20,21). The summed E-state index contributed by atoms with van der Waals surface area (Å²) in [6.45, 7) is 4.47. The van der Waals surface area contributed by atoms with Crippen LogP contribution in [-0.2, 0) is 0 Å². The summed E-state index contributed by atoms with van der Waals surface area (Å²) in [5.74, 6) is 1.18. The predicted molar refractivity (Wildman–Crippen MR) is 95.5 cm³/mol. The molecule has 0 saturated heterocycles. The van der Waals surface area contributed by atoms with Gasteiger partial charge in [-0.25, -0.2) is 4.99 Å². The number of nitrogens with two attached hydrogens (primary N) is 1. The van der Waals surface area contributed by atoms with Gasteiger partial charge in [0, 0.05) is 5.69 Å². The number of aryl methyl sites for hydroxylation is 1. The molecule has 116 valence electrons. The summed E-state index contributed by atoms with van der Waals surface area (Å²) in [5, 5.41) is 3.08. The van der Waals surface area contributed by atoms with Gasteiger partial charge in [0.05, 0.1) is 11.0 Å². The number of aliphatic imine (C=N–C) groups is 1. The van der Waals surface area contributed by atoms with Crippen molar-refractivity contribution < 1.29 is 4.74 Å². The molecule has 0 aliphatic rings. The largest absolute Gasteiger partial charge is 0.488 e. The van der Waals surface area contributed by atoms with Gasteiger partial charge in [0.1, 0.15) is 11.9 Å². The molecule has 1 atom stereocenters. The molecule has 0 spiro atoms. The van der Waals surface area contributed by atoms with E-state index in [1.165, 1.54) is 5.56 Å². The van der Waals surface area contributed by atoms with Crippen LogP contribution in [0.1, 0.15) is 12.5 Å². The van der Waals surface area contributed by atoms with Crippen LogP contribution < -0.4 is 15.8 Å². The molecule has 0 heterocycles. The molecule has 4 nitrogen and oxygen atoms in total. The number of anilines is 1. The molecule has 0 aromatic heterocycles. The average molecular weight is 362 g/mol. The number of nitrogens with one attached hydrogen (secondary N) is 1. The van der Waals surface area contributed by atoms with Crippen molar-refractivity contribution in [3.63, 3.8) is 0 Å². The molecule has 0 aliphatic carbocycles. The Balaban J connectivity index is 1.89. The van der Waals surface area contributed by atoms with Crippen molar-refractivity contribution in [3.8, 4) is 5.75 Å². The van der Waals surface area contributed by atoms with Gasteiger partial charge in [-0.15, -0.1) is 0 Å². The first-order chi connectivity index (χ1) is 10.5. The third kappa shape index (κ3) is 5.07. The Bertz CT molecular complexity index is 658.